The number of nitrogen functional groups attached to an aromatic ring is 1. The van der Waals surface area contributed by atoms with Crippen molar-refractivity contribution < 1.29 is 4.74 Å². The van der Waals surface area contributed by atoms with E-state index in [1.807, 2.05) is 0 Å². The molecule has 0 saturated carbocycles. The minimum Gasteiger partial charge on any atom is -0.398 e. The predicted molar refractivity (Wildman–Crippen MR) is 55.9 cm³/mol. The van der Waals surface area contributed by atoms with Gasteiger partial charge in [0.25, 0.3) is 5.56 Å². The van der Waals surface area contributed by atoms with Gasteiger partial charge in [-0.25, -0.2) is 0 Å². The van der Waals surface area contributed by atoms with Gasteiger partial charge in [0, 0.05) is 18.0 Å². The molecule has 1 aromatic rings. The van der Waals surface area contributed by atoms with Crippen molar-refractivity contribution in [1.82, 2.24) is 4.57 Å². The third kappa shape index (κ3) is 3.22. The van der Waals surface area contributed by atoms with Crippen LogP contribution in [0, 0.1) is 5.92 Å². The summed E-state index contributed by atoms with van der Waals surface area (Å²) in [5, 5.41) is 0. The Morgan fingerprint density at radius 2 is 2.21 bits per heavy atom. The van der Waals surface area contributed by atoms with Crippen molar-refractivity contribution in [2.24, 2.45) is 5.92 Å². The number of nitrogens with two attached hydrogens (primary N) is 1. The summed E-state index contributed by atoms with van der Waals surface area (Å²) in [6.45, 7) is 5.02. The normalized spacial score (nSPS) is 10.8. The minimum absolute atomic E-state index is 0.0945. The van der Waals surface area contributed by atoms with Gasteiger partial charge in [-0.2, -0.15) is 0 Å². The van der Waals surface area contributed by atoms with Gasteiger partial charge in [-0.1, -0.05) is 13.8 Å². The lowest BCUT2D eigenvalue weighted by Crippen LogP contribution is -2.21. The molecule has 0 aliphatic rings. The van der Waals surface area contributed by atoms with Crippen molar-refractivity contribution in [2.75, 3.05) is 12.3 Å². The molecule has 2 N–H and O–H groups in total. The molecule has 0 aromatic carbocycles. The van der Waals surface area contributed by atoms with Gasteiger partial charge in [0.2, 0.25) is 0 Å². The van der Waals surface area contributed by atoms with Gasteiger partial charge in [-0.15, -0.1) is 0 Å². The summed E-state index contributed by atoms with van der Waals surface area (Å²) in [5.74, 6) is 0.465. The lowest BCUT2D eigenvalue weighted by atomic mass is 10.2. The summed E-state index contributed by atoms with van der Waals surface area (Å²) in [6, 6.07) is 3.02. The predicted octanol–water partition coefficient (Wildman–Crippen LogP) is 1.06. The van der Waals surface area contributed by atoms with Crippen molar-refractivity contribution in [1.29, 1.82) is 0 Å². The van der Waals surface area contributed by atoms with E-state index < -0.39 is 0 Å². The molecule has 4 nitrogen and oxygen atoms in total. The maximum Gasteiger partial charge on any atom is 0.252 e. The zero-order valence-corrected chi connectivity index (χ0v) is 8.56. The first-order chi connectivity index (χ1) is 6.59. The second kappa shape index (κ2) is 4.81. The molecule has 78 valence electrons. The minimum atomic E-state index is -0.0945. The summed E-state index contributed by atoms with van der Waals surface area (Å²) in [6.07, 6.45) is 1.59. The summed E-state index contributed by atoms with van der Waals surface area (Å²) in [4.78, 5) is 11.3. The van der Waals surface area contributed by atoms with Gasteiger partial charge in [-0.05, 0) is 12.0 Å². The Morgan fingerprint density at radius 3 is 2.86 bits per heavy atom. The fourth-order valence-electron chi connectivity index (χ4n) is 1.04. The maximum absolute atomic E-state index is 11.3. The molecule has 0 amide bonds. The molecule has 1 rings (SSSR count). The first-order valence-corrected chi connectivity index (χ1v) is 4.63. The number of anilines is 1. The molecule has 4 heteroatoms. The highest BCUT2D eigenvalue weighted by molar-refractivity contribution is 5.33. The van der Waals surface area contributed by atoms with Crippen LogP contribution in [0.4, 0.5) is 5.69 Å². The molecular formula is C10H16N2O2. The number of hydrogen-bond donors (Lipinski definition) is 1. The van der Waals surface area contributed by atoms with Crippen LogP contribution < -0.4 is 11.3 Å². The average Bonchev–Trinajstić information content (AvgIpc) is 2.10. The Kier molecular flexibility index (Phi) is 3.71. The van der Waals surface area contributed by atoms with E-state index in [2.05, 4.69) is 13.8 Å². The van der Waals surface area contributed by atoms with Crippen LogP contribution in [0.3, 0.4) is 0 Å². The summed E-state index contributed by atoms with van der Waals surface area (Å²) in [7, 11) is 0. The Bertz CT molecular complexity index is 344. The van der Waals surface area contributed by atoms with E-state index in [4.69, 9.17) is 10.5 Å². The highest BCUT2D eigenvalue weighted by Crippen LogP contribution is 1.97. The fourth-order valence-corrected chi connectivity index (χ4v) is 1.04. The summed E-state index contributed by atoms with van der Waals surface area (Å²) < 4.78 is 6.78. The van der Waals surface area contributed by atoms with E-state index >= 15 is 0 Å². The lowest BCUT2D eigenvalue weighted by Gasteiger charge is -2.09. The summed E-state index contributed by atoms with van der Waals surface area (Å²) in [5.41, 5.74) is 6.02. The Balaban J connectivity index is 2.58. The first-order valence-electron chi connectivity index (χ1n) is 4.63. The Labute approximate surface area is 83.3 Å². The highest BCUT2D eigenvalue weighted by Gasteiger charge is 1.97. The van der Waals surface area contributed by atoms with Crippen molar-refractivity contribution >= 4 is 5.69 Å². The maximum atomic E-state index is 11.3. The SMILES string of the molecule is CC(C)COCn1cc(N)ccc1=O. The molecule has 0 aliphatic carbocycles. The first kappa shape index (κ1) is 10.8. The van der Waals surface area contributed by atoms with E-state index in [9.17, 15) is 4.79 Å². The largest absolute Gasteiger partial charge is 0.398 e. The van der Waals surface area contributed by atoms with Crippen LogP contribution in [-0.4, -0.2) is 11.2 Å². The van der Waals surface area contributed by atoms with Gasteiger partial charge in [0.15, 0.2) is 0 Å². The van der Waals surface area contributed by atoms with Gasteiger partial charge in [0.1, 0.15) is 6.73 Å². The number of ether oxygens (including phenoxy) is 1. The molecule has 0 unspecified atom stereocenters. The monoisotopic (exact) mass is 196 g/mol. The Hall–Kier alpha value is -1.29. The molecule has 14 heavy (non-hydrogen) atoms. The molecular weight excluding hydrogens is 180 g/mol. The van der Waals surface area contributed by atoms with Gasteiger partial charge >= 0.3 is 0 Å². The third-order valence-electron chi connectivity index (χ3n) is 1.69. The van der Waals surface area contributed by atoms with Crippen LogP contribution in [-0.2, 0) is 11.5 Å². The number of aromatic nitrogens is 1. The van der Waals surface area contributed by atoms with Crippen molar-refractivity contribution in [3.05, 3.63) is 28.7 Å². The van der Waals surface area contributed by atoms with E-state index in [0.717, 1.165) is 0 Å². The van der Waals surface area contributed by atoms with E-state index in [1.165, 1.54) is 10.6 Å². The molecule has 0 bridgehead atoms. The van der Waals surface area contributed by atoms with Crippen LogP contribution in [0.1, 0.15) is 13.8 Å². The zero-order chi connectivity index (χ0) is 10.6. The fraction of sp³-hybridized carbons (Fsp3) is 0.500. The standard InChI is InChI=1S/C10H16N2O2/c1-8(2)6-14-7-12-5-9(11)3-4-10(12)13/h3-5,8H,6-7,11H2,1-2H3. The Morgan fingerprint density at radius 1 is 1.50 bits per heavy atom. The molecule has 0 atom stereocenters. The van der Waals surface area contributed by atoms with Gasteiger partial charge in [0.05, 0.1) is 6.61 Å². The zero-order valence-electron chi connectivity index (χ0n) is 8.56. The molecule has 1 aromatic heterocycles. The second-order valence-electron chi connectivity index (χ2n) is 3.66. The molecule has 0 radical (unpaired) electrons. The quantitative estimate of drug-likeness (QED) is 0.783. The number of nitrogens with zero attached hydrogens (tertiary/aromatic N) is 1. The highest BCUT2D eigenvalue weighted by atomic mass is 16.5. The molecule has 0 aliphatic heterocycles. The number of rotatable bonds is 4. The van der Waals surface area contributed by atoms with E-state index in [1.54, 1.807) is 12.3 Å². The average molecular weight is 196 g/mol. The number of hydrogen-bond acceptors (Lipinski definition) is 3. The van der Waals surface area contributed by atoms with Crippen LogP contribution in [0.15, 0.2) is 23.1 Å². The van der Waals surface area contributed by atoms with Crippen molar-refractivity contribution in [3.63, 3.8) is 0 Å². The van der Waals surface area contributed by atoms with Crippen LogP contribution in [0.25, 0.3) is 0 Å². The second-order valence-corrected chi connectivity index (χ2v) is 3.66. The van der Waals surface area contributed by atoms with E-state index in [-0.39, 0.29) is 12.3 Å². The van der Waals surface area contributed by atoms with Gasteiger partial charge in [-0.3, -0.25) is 9.36 Å². The molecule has 0 fully saturated rings. The smallest absolute Gasteiger partial charge is 0.252 e. The molecule has 1 heterocycles. The third-order valence-corrected chi connectivity index (χ3v) is 1.69. The van der Waals surface area contributed by atoms with Crippen LogP contribution >= 0.6 is 0 Å². The number of pyridine rings is 1. The van der Waals surface area contributed by atoms with Crippen molar-refractivity contribution in [3.8, 4) is 0 Å². The molecule has 0 saturated heterocycles. The topological polar surface area (TPSA) is 57.2 Å². The van der Waals surface area contributed by atoms with Gasteiger partial charge < -0.3 is 10.5 Å². The van der Waals surface area contributed by atoms with Crippen molar-refractivity contribution in [2.45, 2.75) is 20.6 Å². The van der Waals surface area contributed by atoms with Crippen LogP contribution in [0.5, 0.6) is 0 Å². The van der Waals surface area contributed by atoms with E-state index in [0.29, 0.717) is 18.2 Å². The van der Waals surface area contributed by atoms with Crippen LogP contribution in [0.2, 0.25) is 0 Å². The lowest BCUT2D eigenvalue weighted by molar-refractivity contribution is 0.0558. The molecule has 0 spiro atoms. The summed E-state index contributed by atoms with van der Waals surface area (Å²) >= 11 is 0.